The van der Waals surface area contributed by atoms with Gasteiger partial charge < -0.3 is 10.6 Å². The summed E-state index contributed by atoms with van der Waals surface area (Å²) in [5.74, 6) is -1.26. The molecule has 3 rings (SSSR count). The first-order valence-electron chi connectivity index (χ1n) is 7.83. The Labute approximate surface area is 162 Å². The Bertz CT molecular complexity index is 754. The van der Waals surface area contributed by atoms with Gasteiger partial charge in [-0.25, -0.2) is 22.6 Å². The van der Waals surface area contributed by atoms with E-state index in [-0.39, 0.29) is 35.1 Å². The molecule has 0 spiro atoms. The molecule has 0 atom stereocenters. The van der Waals surface area contributed by atoms with Gasteiger partial charge >= 0.3 is 17.1 Å². The molecule has 3 aromatic rings. The molecular formula is C20H19FFeN2O2. The van der Waals surface area contributed by atoms with Gasteiger partial charge in [-0.2, -0.15) is 42.0 Å². The van der Waals surface area contributed by atoms with Gasteiger partial charge in [-0.15, -0.1) is 0 Å². The number of amides is 2. The van der Waals surface area contributed by atoms with Crippen molar-refractivity contribution in [3.8, 4) is 0 Å². The first-order valence-corrected chi connectivity index (χ1v) is 7.83. The number of rotatable bonds is 5. The van der Waals surface area contributed by atoms with Crippen molar-refractivity contribution in [1.29, 1.82) is 0 Å². The SMILES string of the molecule is O=C(CNC(=O)c1cccc(F)c1)NCc1cc[cH-]c1.[Fe+2].c1cc[cH-]c1. The standard InChI is InChI=1S/C15H14FN2O2.C5H5.Fe/c16-13-7-3-6-12(8-13)15(20)18-10-14(19)17-9-11-4-1-2-5-11;1-2-4-5-3-1;/h1-8H,9-10H2,(H,17,19)(H,18,20);1-5H;/q2*-1;+2. The third-order valence-corrected chi connectivity index (χ3v) is 3.27. The minimum Gasteiger partial charge on any atom is -0.363 e. The van der Waals surface area contributed by atoms with Gasteiger partial charge in [0.1, 0.15) is 5.82 Å². The van der Waals surface area contributed by atoms with E-state index in [0.29, 0.717) is 6.54 Å². The van der Waals surface area contributed by atoms with Crippen molar-refractivity contribution in [2.45, 2.75) is 6.54 Å². The number of benzene rings is 1. The molecule has 0 saturated carbocycles. The summed E-state index contributed by atoms with van der Waals surface area (Å²) in [4.78, 5) is 23.2. The van der Waals surface area contributed by atoms with Crippen LogP contribution in [-0.4, -0.2) is 18.4 Å². The van der Waals surface area contributed by atoms with Gasteiger partial charge in [-0.05, 0) is 24.7 Å². The molecule has 0 aliphatic carbocycles. The normalized spacial score (nSPS) is 9.27. The Morgan fingerprint density at radius 2 is 1.73 bits per heavy atom. The molecule has 0 aromatic heterocycles. The van der Waals surface area contributed by atoms with Crippen LogP contribution in [0.2, 0.25) is 0 Å². The molecule has 0 saturated heterocycles. The van der Waals surface area contributed by atoms with E-state index < -0.39 is 11.7 Å². The van der Waals surface area contributed by atoms with Gasteiger partial charge in [0.05, 0.1) is 6.54 Å². The fourth-order valence-corrected chi connectivity index (χ4v) is 2.01. The predicted molar refractivity (Wildman–Crippen MR) is 94.6 cm³/mol. The van der Waals surface area contributed by atoms with E-state index in [4.69, 9.17) is 0 Å². The molecule has 2 amide bonds. The maximum Gasteiger partial charge on any atom is 2.00 e. The van der Waals surface area contributed by atoms with Crippen molar-refractivity contribution in [2.24, 2.45) is 0 Å². The van der Waals surface area contributed by atoms with Crippen LogP contribution in [-0.2, 0) is 28.4 Å². The molecule has 0 unspecified atom stereocenters. The van der Waals surface area contributed by atoms with Crippen LogP contribution in [0.25, 0.3) is 0 Å². The predicted octanol–water partition coefficient (Wildman–Crippen LogP) is 2.99. The topological polar surface area (TPSA) is 58.2 Å². The number of halogens is 1. The molecule has 0 aliphatic rings. The van der Waals surface area contributed by atoms with Crippen LogP contribution in [0.4, 0.5) is 4.39 Å². The summed E-state index contributed by atoms with van der Waals surface area (Å²) < 4.78 is 12.9. The Hall–Kier alpha value is -2.69. The minimum absolute atomic E-state index is 0. The van der Waals surface area contributed by atoms with Crippen LogP contribution in [0, 0.1) is 5.82 Å². The van der Waals surface area contributed by atoms with E-state index in [0.717, 1.165) is 11.6 Å². The third kappa shape index (κ3) is 7.92. The fourth-order valence-electron chi connectivity index (χ4n) is 2.01. The van der Waals surface area contributed by atoms with Crippen molar-refractivity contribution in [1.82, 2.24) is 10.6 Å². The van der Waals surface area contributed by atoms with Crippen LogP contribution in [0.1, 0.15) is 15.9 Å². The second kappa shape index (κ2) is 11.8. The van der Waals surface area contributed by atoms with Crippen LogP contribution in [0.5, 0.6) is 0 Å². The van der Waals surface area contributed by atoms with E-state index in [2.05, 4.69) is 10.6 Å². The average Bonchev–Trinajstić information content (AvgIpc) is 3.34. The molecule has 0 aliphatic heterocycles. The smallest absolute Gasteiger partial charge is 0.363 e. The summed E-state index contributed by atoms with van der Waals surface area (Å²) in [5.41, 5.74) is 1.18. The third-order valence-electron chi connectivity index (χ3n) is 3.27. The first kappa shape index (κ1) is 21.4. The number of hydrogen-bond donors (Lipinski definition) is 2. The Kier molecular flexibility index (Phi) is 9.68. The van der Waals surface area contributed by atoms with Gasteiger partial charge in [-0.1, -0.05) is 6.07 Å². The molecule has 136 valence electrons. The molecule has 2 N–H and O–H groups in total. The van der Waals surface area contributed by atoms with Crippen LogP contribution in [0.15, 0.2) is 78.9 Å². The van der Waals surface area contributed by atoms with Crippen molar-refractivity contribution < 1.29 is 31.0 Å². The largest absolute Gasteiger partial charge is 2.00 e. The van der Waals surface area contributed by atoms with Crippen molar-refractivity contribution in [2.75, 3.05) is 6.54 Å². The van der Waals surface area contributed by atoms with E-state index >= 15 is 0 Å². The van der Waals surface area contributed by atoms with Crippen LogP contribution >= 0.6 is 0 Å². The summed E-state index contributed by atoms with van der Waals surface area (Å²) in [5, 5.41) is 5.11. The molecule has 26 heavy (non-hydrogen) atoms. The second-order valence-electron chi connectivity index (χ2n) is 5.23. The number of carbonyl (C=O) groups excluding carboxylic acids is 2. The fraction of sp³-hybridized carbons (Fsp3) is 0.100. The summed E-state index contributed by atoms with van der Waals surface area (Å²) in [6.07, 6.45) is 0. The molecule has 6 heteroatoms. The van der Waals surface area contributed by atoms with Crippen LogP contribution in [0.3, 0.4) is 0 Å². The van der Waals surface area contributed by atoms with Gasteiger partial charge in [0.15, 0.2) is 0 Å². The molecule has 3 aromatic carbocycles. The minimum atomic E-state index is -0.488. The monoisotopic (exact) mass is 394 g/mol. The second-order valence-corrected chi connectivity index (χ2v) is 5.23. The molecule has 4 nitrogen and oxygen atoms in total. The van der Waals surface area contributed by atoms with Gasteiger partial charge in [0, 0.05) is 5.56 Å². The van der Waals surface area contributed by atoms with Gasteiger partial charge in [0.25, 0.3) is 5.91 Å². The van der Waals surface area contributed by atoms with Gasteiger partial charge in [0.2, 0.25) is 5.91 Å². The molecular weight excluding hydrogens is 375 g/mol. The molecule has 0 bridgehead atoms. The molecule has 0 heterocycles. The number of carbonyl (C=O) groups is 2. The zero-order valence-corrected chi connectivity index (χ0v) is 15.1. The zero-order chi connectivity index (χ0) is 17.9. The zero-order valence-electron chi connectivity index (χ0n) is 14.0. The summed E-state index contributed by atoms with van der Waals surface area (Å²) in [7, 11) is 0. The number of nitrogens with one attached hydrogen (secondary N) is 2. The van der Waals surface area contributed by atoms with Crippen molar-refractivity contribution in [3.05, 3.63) is 95.8 Å². The maximum atomic E-state index is 12.9. The van der Waals surface area contributed by atoms with E-state index in [9.17, 15) is 14.0 Å². The van der Waals surface area contributed by atoms with Crippen molar-refractivity contribution >= 4 is 11.8 Å². The van der Waals surface area contributed by atoms with Crippen LogP contribution < -0.4 is 10.6 Å². The maximum absolute atomic E-state index is 12.9. The summed E-state index contributed by atoms with van der Waals surface area (Å²) in [6.45, 7) is 0.276. The van der Waals surface area contributed by atoms with Gasteiger partial charge in [-0.3, -0.25) is 9.59 Å². The van der Waals surface area contributed by atoms with E-state index in [1.54, 1.807) is 0 Å². The number of hydrogen-bond acceptors (Lipinski definition) is 2. The summed E-state index contributed by atoms with van der Waals surface area (Å²) >= 11 is 0. The molecule has 0 radical (unpaired) electrons. The Morgan fingerprint density at radius 3 is 2.31 bits per heavy atom. The molecule has 0 fully saturated rings. The Morgan fingerprint density at radius 1 is 0.962 bits per heavy atom. The Balaban J connectivity index is 0.000000486. The summed E-state index contributed by atoms with van der Waals surface area (Å²) in [6, 6.07) is 22.9. The quantitative estimate of drug-likeness (QED) is 0.517. The van der Waals surface area contributed by atoms with E-state index in [1.807, 2.05) is 54.6 Å². The van der Waals surface area contributed by atoms with Crippen molar-refractivity contribution in [3.63, 3.8) is 0 Å². The first-order chi connectivity index (χ1) is 12.1. The average molecular weight is 394 g/mol. The van der Waals surface area contributed by atoms with E-state index in [1.165, 1.54) is 18.2 Å².